The number of carbonyl (C=O) groups is 2. The minimum atomic E-state index is -0.559. The molecule has 0 saturated carbocycles. The molecule has 35 heavy (non-hydrogen) atoms. The van der Waals surface area contributed by atoms with Crippen molar-refractivity contribution in [1.82, 2.24) is 20.2 Å². The monoisotopic (exact) mass is 494 g/mol. The Bertz CT molecular complexity index is 1150. The first-order valence-electron chi connectivity index (χ1n) is 11.7. The SMILES string of the molecule is COc1cc(CN(C(=O)c2ccccn2)[C@H]2CCCCNC2=O)ccc1OCCc1scnc1C. The molecule has 1 atom stereocenters. The normalized spacial score (nSPS) is 15.7. The third-order valence-corrected chi connectivity index (χ3v) is 7.03. The van der Waals surface area contributed by atoms with Crippen molar-refractivity contribution in [3.8, 4) is 11.5 Å². The molecular formula is C26H30N4O4S. The van der Waals surface area contributed by atoms with Gasteiger partial charge in [-0.15, -0.1) is 11.3 Å². The largest absolute Gasteiger partial charge is 0.493 e. The molecular weight excluding hydrogens is 464 g/mol. The topological polar surface area (TPSA) is 93.7 Å². The summed E-state index contributed by atoms with van der Waals surface area (Å²) in [5.74, 6) is 0.816. The Morgan fingerprint density at radius 2 is 2.09 bits per heavy atom. The lowest BCUT2D eigenvalue weighted by atomic mass is 10.1. The van der Waals surface area contributed by atoms with Crippen LogP contribution in [0.5, 0.6) is 11.5 Å². The third-order valence-electron chi connectivity index (χ3n) is 6.04. The van der Waals surface area contributed by atoms with E-state index in [0.29, 0.717) is 36.8 Å². The van der Waals surface area contributed by atoms with Gasteiger partial charge in [0, 0.05) is 30.6 Å². The summed E-state index contributed by atoms with van der Waals surface area (Å²) in [5, 5.41) is 2.94. The van der Waals surface area contributed by atoms with E-state index in [-0.39, 0.29) is 18.4 Å². The van der Waals surface area contributed by atoms with E-state index < -0.39 is 6.04 Å². The van der Waals surface area contributed by atoms with Crippen molar-refractivity contribution < 1.29 is 19.1 Å². The van der Waals surface area contributed by atoms with Gasteiger partial charge in [0.05, 0.1) is 24.9 Å². The van der Waals surface area contributed by atoms with Crippen LogP contribution in [0.25, 0.3) is 0 Å². The highest BCUT2D eigenvalue weighted by molar-refractivity contribution is 7.09. The molecule has 4 rings (SSSR count). The number of carbonyl (C=O) groups excluding carboxylic acids is 2. The maximum Gasteiger partial charge on any atom is 0.273 e. The van der Waals surface area contributed by atoms with E-state index in [1.54, 1.807) is 47.7 Å². The second kappa shape index (κ2) is 11.8. The van der Waals surface area contributed by atoms with Crippen LogP contribution in [0.2, 0.25) is 0 Å². The van der Waals surface area contributed by atoms with E-state index in [2.05, 4.69) is 15.3 Å². The Labute approximate surface area is 209 Å². The van der Waals surface area contributed by atoms with Gasteiger partial charge in [-0.05, 0) is 56.0 Å². The van der Waals surface area contributed by atoms with Crippen LogP contribution in [0.15, 0.2) is 48.1 Å². The first-order chi connectivity index (χ1) is 17.1. The number of benzene rings is 1. The molecule has 9 heteroatoms. The molecule has 3 heterocycles. The quantitative estimate of drug-likeness (QED) is 0.487. The first-order valence-corrected chi connectivity index (χ1v) is 12.6. The van der Waals surface area contributed by atoms with Crippen LogP contribution >= 0.6 is 11.3 Å². The van der Waals surface area contributed by atoms with Crippen LogP contribution in [0.1, 0.15) is 45.9 Å². The van der Waals surface area contributed by atoms with Crippen LogP contribution in [0.3, 0.4) is 0 Å². The molecule has 0 radical (unpaired) electrons. The Balaban J connectivity index is 1.53. The summed E-state index contributed by atoms with van der Waals surface area (Å²) in [6, 6.07) is 10.3. The number of pyridine rings is 1. The average molecular weight is 495 g/mol. The van der Waals surface area contributed by atoms with Gasteiger partial charge in [0.25, 0.3) is 5.91 Å². The van der Waals surface area contributed by atoms with Gasteiger partial charge in [-0.3, -0.25) is 14.6 Å². The zero-order valence-corrected chi connectivity index (χ0v) is 20.8. The highest BCUT2D eigenvalue weighted by Crippen LogP contribution is 2.30. The van der Waals surface area contributed by atoms with E-state index in [4.69, 9.17) is 9.47 Å². The number of aryl methyl sites for hydroxylation is 1. The fraction of sp³-hybridized carbons (Fsp3) is 0.385. The molecule has 1 aliphatic heterocycles. The second-order valence-corrected chi connectivity index (χ2v) is 9.33. The van der Waals surface area contributed by atoms with E-state index >= 15 is 0 Å². The van der Waals surface area contributed by atoms with E-state index in [0.717, 1.165) is 30.5 Å². The number of nitrogens with zero attached hydrogens (tertiary/aromatic N) is 3. The van der Waals surface area contributed by atoms with E-state index in [1.807, 2.05) is 30.6 Å². The van der Waals surface area contributed by atoms with Crippen molar-refractivity contribution in [2.24, 2.45) is 0 Å². The Kier molecular flexibility index (Phi) is 8.31. The van der Waals surface area contributed by atoms with E-state index in [9.17, 15) is 9.59 Å². The molecule has 184 valence electrons. The standard InChI is InChI=1S/C26H30N4O4S/c1-18-24(35-17-29-18)11-14-34-22-10-9-19(15-23(22)33-2)16-30(21-8-4-6-13-28-25(21)31)26(32)20-7-3-5-12-27-20/h3,5,7,9-10,12,15,17,21H,4,6,8,11,13-14,16H2,1-2H3,(H,28,31)/t21-/m0/s1. The number of thiazole rings is 1. The van der Waals surface area contributed by atoms with Crippen LogP contribution in [-0.2, 0) is 17.8 Å². The Morgan fingerprint density at radius 3 is 2.83 bits per heavy atom. The molecule has 8 nitrogen and oxygen atoms in total. The summed E-state index contributed by atoms with van der Waals surface area (Å²) in [5.41, 5.74) is 4.02. The number of methoxy groups -OCH3 is 1. The van der Waals surface area contributed by atoms with Gasteiger partial charge in [0.2, 0.25) is 5.91 Å². The number of hydrogen-bond donors (Lipinski definition) is 1. The molecule has 0 unspecified atom stereocenters. The lowest BCUT2D eigenvalue weighted by Gasteiger charge is -2.30. The first kappa shape index (κ1) is 24.7. The number of amides is 2. The van der Waals surface area contributed by atoms with Crippen molar-refractivity contribution in [2.75, 3.05) is 20.3 Å². The lowest BCUT2D eigenvalue weighted by molar-refractivity contribution is -0.125. The molecule has 1 N–H and O–H groups in total. The third kappa shape index (κ3) is 6.16. The van der Waals surface area contributed by atoms with Crippen molar-refractivity contribution in [2.45, 2.75) is 45.2 Å². The van der Waals surface area contributed by atoms with Gasteiger partial charge < -0.3 is 19.7 Å². The summed E-state index contributed by atoms with van der Waals surface area (Å²) in [4.78, 5) is 37.6. The van der Waals surface area contributed by atoms with Gasteiger partial charge >= 0.3 is 0 Å². The number of aromatic nitrogens is 2. The number of ether oxygens (including phenoxy) is 2. The highest BCUT2D eigenvalue weighted by atomic mass is 32.1. The summed E-state index contributed by atoms with van der Waals surface area (Å²) >= 11 is 1.62. The molecule has 2 amide bonds. The summed E-state index contributed by atoms with van der Waals surface area (Å²) < 4.78 is 11.6. The van der Waals surface area contributed by atoms with Gasteiger partial charge in [-0.25, -0.2) is 4.98 Å². The van der Waals surface area contributed by atoms with Crippen LogP contribution in [0, 0.1) is 6.92 Å². The van der Waals surface area contributed by atoms with Gasteiger partial charge in [0.1, 0.15) is 11.7 Å². The molecule has 0 bridgehead atoms. The minimum absolute atomic E-state index is 0.128. The van der Waals surface area contributed by atoms with Crippen LogP contribution < -0.4 is 14.8 Å². The smallest absolute Gasteiger partial charge is 0.273 e. The zero-order chi connectivity index (χ0) is 24.6. The van der Waals surface area contributed by atoms with Crippen molar-refractivity contribution in [3.05, 3.63) is 69.9 Å². The molecule has 0 spiro atoms. The molecule has 1 fully saturated rings. The van der Waals surface area contributed by atoms with Crippen molar-refractivity contribution in [3.63, 3.8) is 0 Å². The van der Waals surface area contributed by atoms with Crippen molar-refractivity contribution >= 4 is 23.2 Å². The molecule has 0 aliphatic carbocycles. The fourth-order valence-electron chi connectivity index (χ4n) is 4.13. The average Bonchev–Trinajstić information content (AvgIpc) is 3.17. The maximum atomic E-state index is 13.4. The van der Waals surface area contributed by atoms with Gasteiger partial charge in [-0.2, -0.15) is 0 Å². The van der Waals surface area contributed by atoms with Crippen LogP contribution in [-0.4, -0.2) is 53.0 Å². The van der Waals surface area contributed by atoms with Crippen molar-refractivity contribution in [1.29, 1.82) is 0 Å². The molecule has 1 aliphatic rings. The lowest BCUT2D eigenvalue weighted by Crippen LogP contribution is -2.48. The number of nitrogens with one attached hydrogen (secondary N) is 1. The summed E-state index contributed by atoms with van der Waals surface area (Å²) in [7, 11) is 1.59. The predicted molar refractivity (Wildman–Crippen MR) is 134 cm³/mol. The highest BCUT2D eigenvalue weighted by Gasteiger charge is 2.32. The predicted octanol–water partition coefficient (Wildman–Crippen LogP) is 3.79. The molecule has 1 aromatic carbocycles. The second-order valence-electron chi connectivity index (χ2n) is 8.40. The Hall–Kier alpha value is -3.46. The van der Waals surface area contributed by atoms with Gasteiger partial charge in [-0.1, -0.05) is 12.1 Å². The number of rotatable bonds is 9. The molecule has 1 saturated heterocycles. The minimum Gasteiger partial charge on any atom is -0.493 e. The summed E-state index contributed by atoms with van der Waals surface area (Å²) in [6.45, 7) is 3.38. The van der Waals surface area contributed by atoms with E-state index in [1.165, 1.54) is 4.88 Å². The number of hydrogen-bond acceptors (Lipinski definition) is 7. The molecule has 3 aromatic rings. The zero-order valence-electron chi connectivity index (χ0n) is 20.0. The summed E-state index contributed by atoms with van der Waals surface area (Å²) in [6.07, 6.45) is 4.73. The Morgan fingerprint density at radius 1 is 1.20 bits per heavy atom. The fourth-order valence-corrected chi connectivity index (χ4v) is 4.89. The molecule has 2 aromatic heterocycles. The maximum absolute atomic E-state index is 13.4. The van der Waals surface area contributed by atoms with Crippen LogP contribution in [0.4, 0.5) is 0 Å². The van der Waals surface area contributed by atoms with Gasteiger partial charge in [0.15, 0.2) is 11.5 Å².